The fourth-order valence-electron chi connectivity index (χ4n) is 2.93. The molecular formula is C17H26N2O2. The first kappa shape index (κ1) is 16.0. The lowest BCUT2D eigenvalue weighted by molar-refractivity contribution is -0.121. The van der Waals surface area contributed by atoms with Crippen molar-refractivity contribution in [3.8, 4) is 0 Å². The van der Waals surface area contributed by atoms with Gasteiger partial charge in [0.15, 0.2) is 0 Å². The standard InChI is InChI=1S/C17H26N2O2/c20-12-6-11-16(14-7-2-1-3-8-14)18-13-17(21)19-15-9-4-5-10-15/h1-3,7-8,15-16,18,20H,4-6,9-13H2,(H,19,21). The third-order valence-electron chi connectivity index (χ3n) is 4.08. The molecule has 1 aromatic carbocycles. The lowest BCUT2D eigenvalue weighted by Gasteiger charge is -2.19. The highest BCUT2D eigenvalue weighted by molar-refractivity contribution is 5.78. The zero-order chi connectivity index (χ0) is 14.9. The minimum absolute atomic E-state index is 0.0758. The van der Waals surface area contributed by atoms with Gasteiger partial charge in [-0.15, -0.1) is 0 Å². The van der Waals surface area contributed by atoms with E-state index in [1.165, 1.54) is 18.4 Å². The van der Waals surface area contributed by atoms with Crippen LogP contribution in [0.5, 0.6) is 0 Å². The first-order valence-corrected chi connectivity index (χ1v) is 7.98. The smallest absolute Gasteiger partial charge is 0.234 e. The van der Waals surface area contributed by atoms with Gasteiger partial charge in [-0.2, -0.15) is 0 Å². The molecule has 1 fully saturated rings. The number of hydrogen-bond donors (Lipinski definition) is 3. The van der Waals surface area contributed by atoms with E-state index in [9.17, 15) is 4.79 Å². The van der Waals surface area contributed by atoms with Gasteiger partial charge in [0.05, 0.1) is 6.54 Å². The summed E-state index contributed by atoms with van der Waals surface area (Å²) >= 11 is 0. The number of benzene rings is 1. The van der Waals surface area contributed by atoms with E-state index >= 15 is 0 Å². The van der Waals surface area contributed by atoms with E-state index in [1.807, 2.05) is 18.2 Å². The van der Waals surface area contributed by atoms with Crippen LogP contribution in [0.4, 0.5) is 0 Å². The minimum atomic E-state index is 0.0758. The van der Waals surface area contributed by atoms with Gasteiger partial charge >= 0.3 is 0 Å². The Hall–Kier alpha value is -1.39. The van der Waals surface area contributed by atoms with Gasteiger partial charge in [-0.05, 0) is 31.2 Å². The second-order valence-electron chi connectivity index (χ2n) is 5.76. The number of aliphatic hydroxyl groups is 1. The Morgan fingerprint density at radius 2 is 1.95 bits per heavy atom. The summed E-state index contributed by atoms with van der Waals surface area (Å²) in [6.45, 7) is 0.515. The summed E-state index contributed by atoms with van der Waals surface area (Å²) in [4.78, 5) is 12.0. The van der Waals surface area contributed by atoms with Crippen molar-refractivity contribution in [2.75, 3.05) is 13.2 Å². The first-order chi connectivity index (χ1) is 10.3. The van der Waals surface area contributed by atoms with Crippen LogP contribution < -0.4 is 10.6 Å². The van der Waals surface area contributed by atoms with Crippen LogP contribution in [0.25, 0.3) is 0 Å². The van der Waals surface area contributed by atoms with Crippen LogP contribution in [0.2, 0.25) is 0 Å². The number of carbonyl (C=O) groups is 1. The molecule has 0 aromatic heterocycles. The van der Waals surface area contributed by atoms with Crippen molar-refractivity contribution in [2.45, 2.75) is 50.6 Å². The predicted octanol–water partition coefficient (Wildman–Crippen LogP) is 2.15. The summed E-state index contributed by atoms with van der Waals surface area (Å²) in [5.41, 5.74) is 1.17. The molecule has 1 aliphatic carbocycles. The van der Waals surface area contributed by atoms with Gasteiger partial charge < -0.3 is 15.7 Å². The molecule has 0 aliphatic heterocycles. The number of carbonyl (C=O) groups excluding carboxylic acids is 1. The molecule has 116 valence electrons. The van der Waals surface area contributed by atoms with Crippen molar-refractivity contribution in [1.29, 1.82) is 0 Å². The van der Waals surface area contributed by atoms with E-state index in [0.29, 0.717) is 12.6 Å². The van der Waals surface area contributed by atoms with E-state index in [-0.39, 0.29) is 18.6 Å². The van der Waals surface area contributed by atoms with E-state index in [1.54, 1.807) is 0 Å². The van der Waals surface area contributed by atoms with E-state index in [4.69, 9.17) is 5.11 Å². The number of amides is 1. The number of hydrogen-bond acceptors (Lipinski definition) is 3. The SMILES string of the molecule is O=C(CNC(CCCO)c1ccccc1)NC1CCCC1. The lowest BCUT2D eigenvalue weighted by Crippen LogP contribution is -2.40. The molecule has 4 heteroatoms. The van der Waals surface area contributed by atoms with Gasteiger partial charge in [-0.1, -0.05) is 43.2 Å². The Labute approximate surface area is 126 Å². The maximum atomic E-state index is 12.0. The number of rotatable bonds is 8. The van der Waals surface area contributed by atoms with Crippen LogP contribution in [0.3, 0.4) is 0 Å². The Morgan fingerprint density at radius 3 is 2.62 bits per heavy atom. The highest BCUT2D eigenvalue weighted by Gasteiger charge is 2.18. The highest BCUT2D eigenvalue weighted by atomic mass is 16.2. The molecule has 4 nitrogen and oxygen atoms in total. The van der Waals surface area contributed by atoms with Crippen molar-refractivity contribution in [1.82, 2.24) is 10.6 Å². The average Bonchev–Trinajstić information content (AvgIpc) is 3.01. The largest absolute Gasteiger partial charge is 0.396 e. The Balaban J connectivity index is 1.82. The van der Waals surface area contributed by atoms with Crippen LogP contribution in [-0.4, -0.2) is 30.2 Å². The molecule has 1 aliphatic rings. The van der Waals surface area contributed by atoms with Gasteiger partial charge in [-0.25, -0.2) is 0 Å². The Kier molecular flexibility index (Phi) is 6.70. The molecule has 1 unspecified atom stereocenters. The maximum Gasteiger partial charge on any atom is 0.234 e. The Bertz CT molecular complexity index is 416. The molecule has 0 heterocycles. The zero-order valence-electron chi connectivity index (χ0n) is 12.6. The second kappa shape index (κ2) is 8.80. The van der Waals surface area contributed by atoms with Crippen LogP contribution in [0, 0.1) is 0 Å². The zero-order valence-corrected chi connectivity index (χ0v) is 12.6. The Morgan fingerprint density at radius 1 is 1.24 bits per heavy atom. The summed E-state index contributed by atoms with van der Waals surface area (Å²) < 4.78 is 0. The molecule has 2 rings (SSSR count). The molecule has 0 bridgehead atoms. The summed E-state index contributed by atoms with van der Waals surface area (Å²) in [5, 5.41) is 15.4. The van der Waals surface area contributed by atoms with Crippen LogP contribution in [-0.2, 0) is 4.79 Å². The predicted molar refractivity (Wildman–Crippen MR) is 83.9 cm³/mol. The van der Waals surface area contributed by atoms with Crippen molar-refractivity contribution < 1.29 is 9.90 Å². The lowest BCUT2D eigenvalue weighted by atomic mass is 10.0. The molecule has 1 saturated carbocycles. The van der Waals surface area contributed by atoms with Crippen LogP contribution >= 0.6 is 0 Å². The quantitative estimate of drug-likeness (QED) is 0.687. The maximum absolute atomic E-state index is 12.0. The second-order valence-corrected chi connectivity index (χ2v) is 5.76. The van der Waals surface area contributed by atoms with Gasteiger partial charge in [0.1, 0.15) is 0 Å². The van der Waals surface area contributed by atoms with Crippen LogP contribution in [0.15, 0.2) is 30.3 Å². The normalized spacial score (nSPS) is 16.8. The topological polar surface area (TPSA) is 61.4 Å². The molecule has 21 heavy (non-hydrogen) atoms. The van der Waals surface area contributed by atoms with Crippen molar-refractivity contribution in [3.05, 3.63) is 35.9 Å². The van der Waals surface area contributed by atoms with Crippen molar-refractivity contribution >= 4 is 5.91 Å². The monoisotopic (exact) mass is 290 g/mol. The number of nitrogens with one attached hydrogen (secondary N) is 2. The van der Waals surface area contributed by atoms with Gasteiger partial charge in [-0.3, -0.25) is 4.79 Å². The molecule has 1 atom stereocenters. The highest BCUT2D eigenvalue weighted by Crippen LogP contribution is 2.19. The third-order valence-corrected chi connectivity index (χ3v) is 4.08. The average molecular weight is 290 g/mol. The van der Waals surface area contributed by atoms with E-state index in [2.05, 4.69) is 22.8 Å². The molecule has 3 N–H and O–H groups in total. The van der Waals surface area contributed by atoms with Gasteiger partial charge in [0.2, 0.25) is 5.91 Å². The molecule has 0 spiro atoms. The molecule has 0 saturated heterocycles. The fourth-order valence-corrected chi connectivity index (χ4v) is 2.93. The summed E-state index contributed by atoms with van der Waals surface area (Å²) in [7, 11) is 0. The summed E-state index contributed by atoms with van der Waals surface area (Å²) in [6, 6.07) is 10.6. The van der Waals surface area contributed by atoms with Crippen molar-refractivity contribution in [3.63, 3.8) is 0 Å². The first-order valence-electron chi connectivity index (χ1n) is 7.98. The van der Waals surface area contributed by atoms with Gasteiger partial charge in [0, 0.05) is 18.7 Å². The van der Waals surface area contributed by atoms with Crippen LogP contribution in [0.1, 0.15) is 50.1 Å². The summed E-state index contributed by atoms with van der Waals surface area (Å²) in [6.07, 6.45) is 6.23. The fraction of sp³-hybridized carbons (Fsp3) is 0.588. The molecule has 0 radical (unpaired) electrons. The molecule has 1 aromatic rings. The van der Waals surface area contributed by atoms with E-state index < -0.39 is 0 Å². The summed E-state index contributed by atoms with van der Waals surface area (Å²) in [5.74, 6) is 0.0758. The molecular weight excluding hydrogens is 264 g/mol. The third kappa shape index (κ3) is 5.48. The van der Waals surface area contributed by atoms with E-state index in [0.717, 1.165) is 25.7 Å². The van der Waals surface area contributed by atoms with Gasteiger partial charge in [0.25, 0.3) is 0 Å². The minimum Gasteiger partial charge on any atom is -0.396 e. The number of aliphatic hydroxyl groups excluding tert-OH is 1. The van der Waals surface area contributed by atoms with Crippen molar-refractivity contribution in [2.24, 2.45) is 0 Å². The molecule has 1 amide bonds.